The lowest BCUT2D eigenvalue weighted by Gasteiger charge is -2.32. The summed E-state index contributed by atoms with van der Waals surface area (Å²) in [6, 6.07) is -0.838. The van der Waals surface area contributed by atoms with Gasteiger partial charge in [-0.2, -0.15) is 0 Å². The van der Waals surface area contributed by atoms with Gasteiger partial charge in [-0.15, -0.1) is 5.92 Å². The minimum Gasteiger partial charge on any atom is -0.394 e. The second kappa shape index (κ2) is 5.30. The van der Waals surface area contributed by atoms with Crippen LogP contribution >= 0.6 is 0 Å². The summed E-state index contributed by atoms with van der Waals surface area (Å²) >= 11 is 0. The highest BCUT2D eigenvalue weighted by atomic mass is 16.6. The van der Waals surface area contributed by atoms with Crippen LogP contribution in [-0.4, -0.2) is 64.5 Å². The van der Waals surface area contributed by atoms with Gasteiger partial charge in [0.1, 0.15) is 24.4 Å². The van der Waals surface area contributed by atoms with Gasteiger partial charge < -0.3 is 20.1 Å². The van der Waals surface area contributed by atoms with E-state index in [0.29, 0.717) is 0 Å². The van der Waals surface area contributed by atoms with Gasteiger partial charge in [-0.05, 0) is 6.92 Å². The van der Waals surface area contributed by atoms with E-state index in [1.165, 1.54) is 6.92 Å². The Morgan fingerprint density at radius 2 is 2.15 bits per heavy atom. The standard InChI is InChI=1S/C12H14N2O6/c1-2-3-12(5-13-11(19)14-10(12)18)9-8(17)7(16)6(4-15)20-9/h5-9,15-17H,4H2,1H3,(H,14,18,19)/t6-,7-,8-,9-,12?/m1/s1. The first kappa shape index (κ1) is 14.6. The van der Waals surface area contributed by atoms with Gasteiger partial charge in [0, 0.05) is 6.21 Å². The van der Waals surface area contributed by atoms with Crippen LogP contribution in [0.1, 0.15) is 6.92 Å². The number of ether oxygens (including phenoxy) is 1. The molecule has 2 heterocycles. The summed E-state index contributed by atoms with van der Waals surface area (Å²) in [6.45, 7) is 0.947. The maximum Gasteiger partial charge on any atom is 0.347 e. The average Bonchev–Trinajstić information content (AvgIpc) is 2.70. The molecule has 1 unspecified atom stereocenters. The molecule has 0 aromatic heterocycles. The largest absolute Gasteiger partial charge is 0.394 e. The molecule has 0 bridgehead atoms. The van der Waals surface area contributed by atoms with Crippen LogP contribution < -0.4 is 5.32 Å². The SMILES string of the molecule is CC#CC1([C@@H]2O[C@H](CO)[C@@H](O)[C@H]2O)C=NC(=O)NC1=O. The molecule has 0 radical (unpaired) electrons. The fourth-order valence-electron chi connectivity index (χ4n) is 2.30. The van der Waals surface area contributed by atoms with Crippen molar-refractivity contribution in [1.82, 2.24) is 5.32 Å². The van der Waals surface area contributed by atoms with Crippen LogP contribution in [0.5, 0.6) is 0 Å². The van der Waals surface area contributed by atoms with Crippen molar-refractivity contribution in [3.63, 3.8) is 0 Å². The van der Waals surface area contributed by atoms with Gasteiger partial charge in [0.05, 0.1) is 6.61 Å². The molecule has 3 amide bonds. The first-order chi connectivity index (χ1) is 9.46. The Hall–Kier alpha value is -1.79. The molecule has 108 valence electrons. The maximum atomic E-state index is 12.1. The molecule has 0 aliphatic carbocycles. The average molecular weight is 282 g/mol. The van der Waals surface area contributed by atoms with E-state index in [2.05, 4.69) is 16.8 Å². The number of aliphatic hydroxyl groups excluding tert-OH is 3. The Labute approximate surface area is 114 Å². The number of nitrogens with zero attached hydrogens (tertiary/aromatic N) is 1. The lowest BCUT2D eigenvalue weighted by atomic mass is 9.79. The Morgan fingerprint density at radius 3 is 2.65 bits per heavy atom. The number of carbonyl (C=O) groups is 2. The third kappa shape index (κ3) is 2.10. The van der Waals surface area contributed by atoms with Crippen LogP contribution in [0.2, 0.25) is 0 Å². The first-order valence-electron chi connectivity index (χ1n) is 5.93. The second-order valence-electron chi connectivity index (χ2n) is 4.52. The predicted octanol–water partition coefficient (Wildman–Crippen LogP) is -2.20. The van der Waals surface area contributed by atoms with Gasteiger partial charge in [-0.1, -0.05) is 5.92 Å². The van der Waals surface area contributed by atoms with Gasteiger partial charge in [0.15, 0.2) is 5.41 Å². The number of hydrogen-bond donors (Lipinski definition) is 4. The van der Waals surface area contributed by atoms with Crippen molar-refractivity contribution in [2.45, 2.75) is 31.3 Å². The highest BCUT2D eigenvalue weighted by Gasteiger charge is 2.57. The number of carbonyl (C=O) groups excluding carboxylic acids is 2. The molecule has 2 aliphatic rings. The van der Waals surface area contributed by atoms with Gasteiger partial charge >= 0.3 is 6.03 Å². The molecule has 0 saturated carbocycles. The predicted molar refractivity (Wildman–Crippen MR) is 65.7 cm³/mol. The summed E-state index contributed by atoms with van der Waals surface area (Å²) in [5, 5.41) is 30.8. The van der Waals surface area contributed by atoms with Gasteiger partial charge in [0.2, 0.25) is 0 Å². The fourth-order valence-corrected chi connectivity index (χ4v) is 2.30. The third-order valence-corrected chi connectivity index (χ3v) is 3.30. The summed E-state index contributed by atoms with van der Waals surface area (Å²) < 4.78 is 5.32. The van der Waals surface area contributed by atoms with Crippen molar-refractivity contribution >= 4 is 18.2 Å². The van der Waals surface area contributed by atoms with Gasteiger partial charge in [0.25, 0.3) is 5.91 Å². The van der Waals surface area contributed by atoms with Crippen LogP contribution in [-0.2, 0) is 9.53 Å². The number of aliphatic hydroxyl groups is 3. The Balaban J connectivity index is 2.44. The Morgan fingerprint density at radius 1 is 1.45 bits per heavy atom. The number of imide groups is 1. The highest BCUT2D eigenvalue weighted by molar-refractivity contribution is 6.15. The van der Waals surface area contributed by atoms with E-state index >= 15 is 0 Å². The third-order valence-electron chi connectivity index (χ3n) is 3.30. The van der Waals surface area contributed by atoms with E-state index in [-0.39, 0.29) is 0 Å². The molecule has 0 spiro atoms. The summed E-state index contributed by atoms with van der Waals surface area (Å²) in [7, 11) is 0. The van der Waals surface area contributed by atoms with E-state index in [1.54, 1.807) is 0 Å². The van der Waals surface area contributed by atoms with Crippen molar-refractivity contribution in [1.29, 1.82) is 0 Å². The lowest BCUT2D eigenvalue weighted by molar-refractivity contribution is -0.132. The van der Waals surface area contributed by atoms with Crippen molar-refractivity contribution in [3.8, 4) is 11.8 Å². The van der Waals surface area contributed by atoms with Crippen LogP contribution in [0.4, 0.5) is 4.79 Å². The molecule has 0 aromatic rings. The Kier molecular flexibility index (Phi) is 3.87. The maximum absolute atomic E-state index is 12.1. The van der Waals surface area contributed by atoms with Crippen molar-refractivity contribution in [2.75, 3.05) is 6.61 Å². The fraction of sp³-hybridized carbons (Fsp3) is 0.583. The molecule has 2 rings (SSSR count). The molecular weight excluding hydrogens is 268 g/mol. The second-order valence-corrected chi connectivity index (χ2v) is 4.52. The van der Waals surface area contributed by atoms with Gasteiger partial charge in [-0.25, -0.2) is 9.79 Å². The van der Waals surface area contributed by atoms with E-state index in [1.807, 2.05) is 5.32 Å². The minimum atomic E-state index is -1.69. The quantitative estimate of drug-likeness (QED) is 0.425. The first-order valence-corrected chi connectivity index (χ1v) is 5.93. The van der Waals surface area contributed by atoms with Crippen LogP contribution in [0.25, 0.3) is 0 Å². The Bertz CT molecular complexity index is 522. The van der Waals surface area contributed by atoms with E-state index in [9.17, 15) is 19.8 Å². The summed E-state index contributed by atoms with van der Waals surface area (Å²) in [4.78, 5) is 26.6. The number of urea groups is 1. The molecule has 0 aromatic carbocycles. The van der Waals surface area contributed by atoms with Gasteiger partial charge in [-0.3, -0.25) is 10.1 Å². The zero-order valence-corrected chi connectivity index (χ0v) is 10.6. The molecule has 8 nitrogen and oxygen atoms in total. The number of rotatable bonds is 2. The van der Waals surface area contributed by atoms with Crippen molar-refractivity contribution in [2.24, 2.45) is 10.4 Å². The van der Waals surface area contributed by atoms with Crippen LogP contribution in [0, 0.1) is 17.3 Å². The zero-order valence-electron chi connectivity index (χ0n) is 10.6. The summed E-state index contributed by atoms with van der Waals surface area (Å²) in [5.74, 6) is 4.29. The van der Waals surface area contributed by atoms with Crippen molar-refractivity contribution < 1.29 is 29.6 Å². The lowest BCUT2D eigenvalue weighted by Crippen LogP contribution is -2.56. The van der Waals surface area contributed by atoms with Crippen molar-refractivity contribution in [3.05, 3.63) is 0 Å². The van der Waals surface area contributed by atoms with Crippen LogP contribution in [0.15, 0.2) is 4.99 Å². The molecule has 2 aliphatic heterocycles. The smallest absolute Gasteiger partial charge is 0.347 e. The summed E-state index contributed by atoms with van der Waals surface area (Å²) in [6.07, 6.45) is -4.08. The number of amides is 3. The highest BCUT2D eigenvalue weighted by Crippen LogP contribution is 2.35. The number of aliphatic imine (C=N–C) groups is 1. The molecule has 4 N–H and O–H groups in total. The molecular formula is C12H14N2O6. The van der Waals surface area contributed by atoms with E-state index in [0.717, 1.165) is 6.21 Å². The number of nitrogens with one attached hydrogen (secondary N) is 1. The number of hydrogen-bond acceptors (Lipinski definition) is 6. The zero-order chi connectivity index (χ0) is 14.9. The molecule has 1 fully saturated rings. The normalized spacial score (nSPS) is 40.2. The molecule has 5 atom stereocenters. The monoisotopic (exact) mass is 282 g/mol. The molecule has 8 heteroatoms. The molecule has 20 heavy (non-hydrogen) atoms. The van der Waals surface area contributed by atoms with Crippen LogP contribution in [0.3, 0.4) is 0 Å². The van der Waals surface area contributed by atoms with E-state index in [4.69, 9.17) is 9.84 Å². The van der Waals surface area contributed by atoms with E-state index < -0.39 is 48.4 Å². The molecule has 1 saturated heterocycles. The topological polar surface area (TPSA) is 128 Å². The minimum absolute atomic E-state index is 0.526. The summed E-state index contributed by atoms with van der Waals surface area (Å²) in [5.41, 5.74) is -1.69.